The number of fused-ring (bicyclic) bond motifs is 1. The molecule has 3 aromatic rings. The van der Waals surface area contributed by atoms with E-state index in [2.05, 4.69) is 4.98 Å². The molecule has 2 heterocycles. The van der Waals surface area contributed by atoms with Crippen molar-refractivity contribution in [2.45, 2.75) is 13.0 Å². The number of aryl methyl sites for hydroxylation is 2. The molecule has 0 unspecified atom stereocenters. The molecule has 0 atom stereocenters. The van der Waals surface area contributed by atoms with Crippen LogP contribution in [0.1, 0.15) is 16.8 Å². The lowest BCUT2D eigenvalue weighted by Gasteiger charge is -2.01. The minimum atomic E-state index is 0.172. The van der Waals surface area contributed by atoms with Crippen LogP contribution < -0.4 is 0 Å². The van der Waals surface area contributed by atoms with Gasteiger partial charge in [-0.2, -0.15) is 0 Å². The van der Waals surface area contributed by atoms with Crippen molar-refractivity contribution in [2.24, 2.45) is 7.05 Å². The molecule has 2 aromatic heterocycles. The molecule has 96 valence electrons. The zero-order chi connectivity index (χ0) is 13.2. The predicted octanol–water partition coefficient (Wildman–Crippen LogP) is 2.65. The van der Waals surface area contributed by atoms with Gasteiger partial charge in [-0.15, -0.1) is 0 Å². The summed E-state index contributed by atoms with van der Waals surface area (Å²) >= 11 is 0. The molecule has 0 bridgehead atoms. The molecular formula is C15H15N3O. The molecule has 0 amide bonds. The molecule has 0 aliphatic carbocycles. The molecule has 0 fully saturated rings. The van der Waals surface area contributed by atoms with Crippen molar-refractivity contribution < 1.29 is 4.79 Å². The zero-order valence-corrected chi connectivity index (χ0v) is 10.8. The van der Waals surface area contributed by atoms with Gasteiger partial charge in [-0.05, 0) is 6.07 Å². The van der Waals surface area contributed by atoms with E-state index in [-0.39, 0.29) is 5.78 Å². The van der Waals surface area contributed by atoms with Crippen LogP contribution in [0.25, 0.3) is 10.9 Å². The number of rotatable bonds is 4. The van der Waals surface area contributed by atoms with Gasteiger partial charge in [-0.25, -0.2) is 4.98 Å². The van der Waals surface area contributed by atoms with E-state index in [4.69, 9.17) is 0 Å². The lowest BCUT2D eigenvalue weighted by atomic mass is 10.1. The Labute approximate surface area is 111 Å². The van der Waals surface area contributed by atoms with Crippen LogP contribution in [0.15, 0.2) is 49.2 Å². The van der Waals surface area contributed by atoms with Gasteiger partial charge >= 0.3 is 0 Å². The Morgan fingerprint density at radius 3 is 2.95 bits per heavy atom. The molecule has 19 heavy (non-hydrogen) atoms. The zero-order valence-electron chi connectivity index (χ0n) is 10.8. The first-order valence-corrected chi connectivity index (χ1v) is 6.29. The van der Waals surface area contributed by atoms with Crippen molar-refractivity contribution in [1.82, 2.24) is 14.1 Å². The Hall–Kier alpha value is -2.36. The van der Waals surface area contributed by atoms with Crippen LogP contribution in [0.3, 0.4) is 0 Å². The smallest absolute Gasteiger partial charge is 0.166 e. The van der Waals surface area contributed by atoms with E-state index in [1.807, 2.05) is 52.8 Å². The number of ketones is 1. The number of carbonyl (C=O) groups is 1. The summed E-state index contributed by atoms with van der Waals surface area (Å²) in [5.74, 6) is 0.172. The summed E-state index contributed by atoms with van der Waals surface area (Å²) in [4.78, 5) is 16.3. The van der Waals surface area contributed by atoms with Crippen molar-refractivity contribution >= 4 is 16.7 Å². The fourth-order valence-corrected chi connectivity index (χ4v) is 2.35. The molecule has 1 aromatic carbocycles. The summed E-state index contributed by atoms with van der Waals surface area (Å²) in [7, 11) is 1.97. The van der Waals surface area contributed by atoms with Crippen LogP contribution in [0.5, 0.6) is 0 Å². The van der Waals surface area contributed by atoms with Gasteiger partial charge in [-0.3, -0.25) is 4.79 Å². The topological polar surface area (TPSA) is 39.8 Å². The molecule has 0 saturated heterocycles. The van der Waals surface area contributed by atoms with Crippen molar-refractivity contribution in [3.8, 4) is 0 Å². The van der Waals surface area contributed by atoms with Gasteiger partial charge in [-0.1, -0.05) is 18.2 Å². The number of hydrogen-bond acceptors (Lipinski definition) is 2. The molecule has 0 saturated carbocycles. The number of benzene rings is 1. The third kappa shape index (κ3) is 2.17. The minimum Gasteiger partial charge on any atom is -0.350 e. The van der Waals surface area contributed by atoms with E-state index in [9.17, 15) is 4.79 Å². The molecular weight excluding hydrogens is 238 g/mol. The molecule has 0 radical (unpaired) electrons. The molecule has 3 rings (SSSR count). The van der Waals surface area contributed by atoms with E-state index >= 15 is 0 Å². The predicted molar refractivity (Wildman–Crippen MR) is 74.1 cm³/mol. The quantitative estimate of drug-likeness (QED) is 0.671. The monoisotopic (exact) mass is 253 g/mol. The van der Waals surface area contributed by atoms with Crippen LogP contribution in [0, 0.1) is 0 Å². The molecule has 0 spiro atoms. The standard InChI is InChI=1S/C15H15N3O/c1-17-10-13(12-4-2-3-5-14(12)17)15(19)6-8-18-9-7-16-11-18/h2-5,7,9-11H,6,8H2,1H3. The second kappa shape index (κ2) is 4.72. The second-order valence-electron chi connectivity index (χ2n) is 4.64. The summed E-state index contributed by atoms with van der Waals surface area (Å²) in [5.41, 5.74) is 1.90. The normalized spacial score (nSPS) is 11.0. The van der Waals surface area contributed by atoms with E-state index in [0.29, 0.717) is 13.0 Å². The highest BCUT2D eigenvalue weighted by molar-refractivity contribution is 6.08. The fraction of sp³-hybridized carbons (Fsp3) is 0.200. The lowest BCUT2D eigenvalue weighted by molar-refractivity contribution is 0.0978. The second-order valence-corrected chi connectivity index (χ2v) is 4.64. The molecule has 0 aliphatic heterocycles. The van der Waals surface area contributed by atoms with E-state index in [1.54, 1.807) is 12.5 Å². The molecule has 4 heteroatoms. The Balaban J connectivity index is 1.85. The van der Waals surface area contributed by atoms with E-state index in [1.165, 1.54) is 0 Å². The number of hydrogen-bond donors (Lipinski definition) is 0. The molecule has 0 N–H and O–H groups in total. The average Bonchev–Trinajstić information content (AvgIpc) is 3.05. The first-order chi connectivity index (χ1) is 9.25. The van der Waals surface area contributed by atoms with Gasteiger partial charge in [0.1, 0.15) is 0 Å². The van der Waals surface area contributed by atoms with Crippen LogP contribution in [0.4, 0.5) is 0 Å². The maximum atomic E-state index is 12.3. The van der Waals surface area contributed by atoms with Crippen molar-refractivity contribution in [3.05, 3.63) is 54.7 Å². The summed E-state index contributed by atoms with van der Waals surface area (Å²) in [6.07, 6.45) is 7.74. The van der Waals surface area contributed by atoms with Crippen molar-refractivity contribution in [1.29, 1.82) is 0 Å². The van der Waals surface area contributed by atoms with Crippen LogP contribution in [0.2, 0.25) is 0 Å². The van der Waals surface area contributed by atoms with Crippen LogP contribution in [-0.2, 0) is 13.6 Å². The summed E-state index contributed by atoms with van der Waals surface area (Å²) < 4.78 is 3.92. The Kier molecular flexibility index (Phi) is 2.91. The van der Waals surface area contributed by atoms with Crippen LogP contribution >= 0.6 is 0 Å². The van der Waals surface area contributed by atoms with Gasteiger partial charge in [0.2, 0.25) is 0 Å². The van der Waals surface area contributed by atoms with Crippen molar-refractivity contribution in [3.63, 3.8) is 0 Å². The van der Waals surface area contributed by atoms with Gasteiger partial charge in [0.15, 0.2) is 5.78 Å². The first kappa shape index (κ1) is 11.7. The highest BCUT2D eigenvalue weighted by atomic mass is 16.1. The number of imidazole rings is 1. The third-order valence-electron chi connectivity index (χ3n) is 3.35. The highest BCUT2D eigenvalue weighted by Crippen LogP contribution is 2.21. The van der Waals surface area contributed by atoms with Crippen molar-refractivity contribution in [2.75, 3.05) is 0 Å². The van der Waals surface area contributed by atoms with E-state index in [0.717, 1.165) is 16.5 Å². The lowest BCUT2D eigenvalue weighted by Crippen LogP contribution is -2.04. The summed E-state index contributed by atoms with van der Waals surface area (Å²) in [5, 5.41) is 1.03. The van der Waals surface area contributed by atoms with Crippen LogP contribution in [-0.4, -0.2) is 19.9 Å². The summed E-state index contributed by atoms with van der Waals surface area (Å²) in [6.45, 7) is 0.669. The first-order valence-electron chi connectivity index (χ1n) is 6.29. The average molecular weight is 253 g/mol. The number of carbonyl (C=O) groups excluding carboxylic acids is 1. The molecule has 4 nitrogen and oxygen atoms in total. The van der Waals surface area contributed by atoms with Gasteiger partial charge in [0, 0.05) is 55.1 Å². The number of nitrogens with zero attached hydrogens (tertiary/aromatic N) is 3. The Bertz CT molecular complexity index is 710. The number of Topliss-reactive ketones (excluding diaryl/α,β-unsaturated/α-hetero) is 1. The van der Waals surface area contributed by atoms with Gasteiger partial charge < -0.3 is 9.13 Å². The number of para-hydroxylation sites is 1. The fourth-order valence-electron chi connectivity index (χ4n) is 2.35. The summed E-state index contributed by atoms with van der Waals surface area (Å²) in [6, 6.07) is 7.98. The number of aromatic nitrogens is 3. The molecule has 0 aliphatic rings. The Morgan fingerprint density at radius 2 is 2.16 bits per heavy atom. The Morgan fingerprint density at radius 1 is 1.32 bits per heavy atom. The minimum absolute atomic E-state index is 0.172. The third-order valence-corrected chi connectivity index (χ3v) is 3.35. The van der Waals surface area contributed by atoms with Gasteiger partial charge in [0.05, 0.1) is 6.33 Å². The van der Waals surface area contributed by atoms with Gasteiger partial charge in [0.25, 0.3) is 0 Å². The largest absolute Gasteiger partial charge is 0.350 e. The van der Waals surface area contributed by atoms with E-state index < -0.39 is 0 Å². The maximum absolute atomic E-state index is 12.3. The SMILES string of the molecule is Cn1cc(C(=O)CCn2ccnc2)c2ccccc21. The highest BCUT2D eigenvalue weighted by Gasteiger charge is 2.13. The maximum Gasteiger partial charge on any atom is 0.166 e.